The van der Waals surface area contributed by atoms with Crippen molar-refractivity contribution in [2.75, 3.05) is 26.5 Å². The van der Waals surface area contributed by atoms with E-state index in [0.717, 1.165) is 0 Å². The van der Waals surface area contributed by atoms with Gasteiger partial charge < -0.3 is 25.5 Å². The minimum absolute atomic E-state index is 0.152. The van der Waals surface area contributed by atoms with Gasteiger partial charge >= 0.3 is 0 Å². The Bertz CT molecular complexity index is 953. The van der Waals surface area contributed by atoms with Crippen LogP contribution in [0.3, 0.4) is 0 Å². The Kier molecular flexibility index (Phi) is 5.20. The average molecular weight is 393 g/mol. The van der Waals surface area contributed by atoms with Crippen molar-refractivity contribution in [2.24, 2.45) is 0 Å². The molecule has 0 bridgehead atoms. The summed E-state index contributed by atoms with van der Waals surface area (Å²) >= 11 is 13.0. The van der Waals surface area contributed by atoms with E-state index in [4.69, 9.17) is 38.4 Å². The highest BCUT2D eigenvalue weighted by molar-refractivity contribution is 6.41. The number of halogens is 2. The first-order valence-corrected chi connectivity index (χ1v) is 8.46. The van der Waals surface area contributed by atoms with Crippen LogP contribution in [-0.2, 0) is 0 Å². The topological polar surface area (TPSA) is 97.2 Å². The van der Waals surface area contributed by atoms with Gasteiger partial charge in [0.15, 0.2) is 0 Å². The molecule has 0 radical (unpaired) electrons. The molecule has 26 heavy (non-hydrogen) atoms. The summed E-state index contributed by atoms with van der Waals surface area (Å²) in [6.07, 6.45) is 1.61. The first kappa shape index (κ1) is 18.3. The lowest BCUT2D eigenvalue weighted by Crippen LogP contribution is -1.98. The summed E-state index contributed by atoms with van der Waals surface area (Å²) in [5.41, 5.74) is 7.24. The van der Waals surface area contributed by atoms with Gasteiger partial charge in [-0.2, -0.15) is 0 Å². The number of methoxy groups -OCH3 is 2. The fraction of sp³-hybridized carbons (Fsp3) is 0.235. The van der Waals surface area contributed by atoms with E-state index in [0.29, 0.717) is 56.1 Å². The van der Waals surface area contributed by atoms with Crippen LogP contribution in [0, 0.1) is 0 Å². The van der Waals surface area contributed by atoms with Crippen LogP contribution in [0.2, 0.25) is 10.0 Å². The molecule has 1 aromatic carbocycles. The van der Waals surface area contributed by atoms with Crippen molar-refractivity contribution in [3.63, 3.8) is 0 Å². The maximum Gasteiger partial charge on any atom is 0.220 e. The molecule has 0 fully saturated rings. The fourth-order valence-electron chi connectivity index (χ4n) is 2.53. The van der Waals surface area contributed by atoms with E-state index in [1.165, 1.54) is 14.2 Å². The fourth-order valence-corrected chi connectivity index (χ4v) is 3.23. The lowest BCUT2D eigenvalue weighted by molar-refractivity contribution is 0.395. The highest BCUT2D eigenvalue weighted by Crippen LogP contribution is 2.46. The smallest absolute Gasteiger partial charge is 0.220 e. The van der Waals surface area contributed by atoms with E-state index in [2.05, 4.69) is 20.3 Å². The van der Waals surface area contributed by atoms with Crippen LogP contribution < -0.4 is 15.2 Å². The first-order valence-electron chi connectivity index (χ1n) is 7.71. The molecule has 3 rings (SSSR count). The summed E-state index contributed by atoms with van der Waals surface area (Å²) in [5.74, 6) is 1.43. The van der Waals surface area contributed by atoms with Crippen LogP contribution in [0.15, 0.2) is 18.3 Å². The maximum atomic E-state index is 6.50. The zero-order valence-electron chi connectivity index (χ0n) is 14.4. The van der Waals surface area contributed by atoms with Gasteiger partial charge in [-0.1, -0.05) is 36.7 Å². The van der Waals surface area contributed by atoms with Crippen molar-refractivity contribution in [3.05, 3.63) is 33.7 Å². The van der Waals surface area contributed by atoms with E-state index >= 15 is 0 Å². The summed E-state index contributed by atoms with van der Waals surface area (Å²) in [5, 5.41) is 5.76. The van der Waals surface area contributed by atoms with Crippen molar-refractivity contribution < 1.29 is 9.47 Å². The van der Waals surface area contributed by atoms with Gasteiger partial charge in [0.1, 0.15) is 11.5 Å². The summed E-state index contributed by atoms with van der Waals surface area (Å²) in [4.78, 5) is 12.9. The van der Waals surface area contributed by atoms with E-state index in [9.17, 15) is 0 Å². The van der Waals surface area contributed by atoms with Crippen molar-refractivity contribution in [1.82, 2.24) is 15.0 Å². The van der Waals surface area contributed by atoms with Gasteiger partial charge in [0.2, 0.25) is 5.95 Å². The lowest BCUT2D eigenvalue weighted by atomic mass is 10.1. The number of fused-ring (bicyclic) bond motifs is 1. The summed E-state index contributed by atoms with van der Waals surface area (Å²) in [6.45, 7) is 2.43. The summed E-state index contributed by atoms with van der Waals surface area (Å²) < 4.78 is 10.6. The Balaban J connectivity index is 2.34. The predicted octanol–water partition coefficient (Wildman–Crippen LogP) is 4.62. The molecule has 0 unspecified atom stereocenters. The molecule has 0 saturated heterocycles. The Morgan fingerprint density at radius 1 is 1.08 bits per heavy atom. The standard InChI is InChI=1S/C17H16Cl2N5O2/c1-4-21-16-15-8(7-22-17(20)24-15)5-9(23-16)12-13(18)10(25-2)6-11(26-3)14(12)19/h5-7H,4H2,1-3H3,(H2-,20,21,22,23,24)/q-1. The van der Waals surface area contributed by atoms with Gasteiger partial charge in [-0.05, 0) is 17.6 Å². The Morgan fingerprint density at radius 2 is 1.73 bits per heavy atom. The van der Waals surface area contributed by atoms with Crippen LogP contribution >= 0.6 is 23.2 Å². The molecule has 9 heteroatoms. The second-order valence-corrected chi connectivity index (χ2v) is 6.01. The molecule has 0 atom stereocenters. The third-order valence-corrected chi connectivity index (χ3v) is 4.45. The number of nitrogens with zero attached hydrogens (tertiary/aromatic N) is 4. The number of ether oxygens (including phenoxy) is 2. The van der Waals surface area contributed by atoms with E-state index in [-0.39, 0.29) is 5.95 Å². The molecular formula is C17H16Cl2N5O2-. The van der Waals surface area contributed by atoms with Gasteiger partial charge in [-0.15, -0.1) is 0 Å². The number of nitrogens with two attached hydrogens (primary N) is 1. The third-order valence-electron chi connectivity index (χ3n) is 3.70. The normalized spacial score (nSPS) is 10.8. The van der Waals surface area contributed by atoms with Crippen LogP contribution in [0.25, 0.3) is 27.5 Å². The Morgan fingerprint density at radius 3 is 2.31 bits per heavy atom. The van der Waals surface area contributed by atoms with Gasteiger partial charge in [0.05, 0.1) is 29.8 Å². The highest BCUT2D eigenvalue weighted by atomic mass is 35.5. The number of benzene rings is 1. The second-order valence-electron chi connectivity index (χ2n) is 5.26. The first-order chi connectivity index (χ1) is 12.5. The molecule has 136 valence electrons. The lowest BCUT2D eigenvalue weighted by Gasteiger charge is -2.21. The number of pyridine rings is 1. The van der Waals surface area contributed by atoms with Crippen molar-refractivity contribution in [1.29, 1.82) is 0 Å². The van der Waals surface area contributed by atoms with Crippen molar-refractivity contribution in [2.45, 2.75) is 6.92 Å². The molecule has 2 heterocycles. The molecule has 0 aliphatic heterocycles. The van der Waals surface area contributed by atoms with Gasteiger partial charge in [-0.3, -0.25) is 0 Å². The summed E-state index contributed by atoms with van der Waals surface area (Å²) in [7, 11) is 3.03. The molecule has 2 aromatic heterocycles. The third kappa shape index (κ3) is 3.15. The number of hydrogen-bond acceptors (Lipinski definition) is 6. The molecule has 0 amide bonds. The number of hydrogen-bond donors (Lipinski definition) is 1. The zero-order valence-corrected chi connectivity index (χ0v) is 15.9. The highest BCUT2D eigenvalue weighted by Gasteiger charge is 2.18. The molecule has 0 spiro atoms. The largest absolute Gasteiger partial charge is 0.495 e. The van der Waals surface area contributed by atoms with Crippen LogP contribution in [0.1, 0.15) is 6.92 Å². The van der Waals surface area contributed by atoms with Crippen molar-refractivity contribution >= 4 is 45.9 Å². The maximum absolute atomic E-state index is 6.50. The quantitative estimate of drug-likeness (QED) is 0.679. The predicted molar refractivity (Wildman–Crippen MR) is 104 cm³/mol. The molecule has 0 saturated carbocycles. The minimum Gasteiger partial charge on any atom is -0.495 e. The number of nitrogen functional groups attached to an aromatic ring is 1. The molecule has 2 N–H and O–H groups in total. The number of anilines is 1. The second kappa shape index (κ2) is 7.39. The van der Waals surface area contributed by atoms with Crippen LogP contribution in [0.5, 0.6) is 11.5 Å². The number of rotatable bonds is 5. The van der Waals surface area contributed by atoms with Crippen LogP contribution in [-0.4, -0.2) is 35.7 Å². The molecule has 0 aliphatic rings. The zero-order chi connectivity index (χ0) is 18.8. The Labute approximate surface area is 160 Å². The Hall–Kier alpha value is -2.51. The summed E-state index contributed by atoms with van der Waals surface area (Å²) in [6, 6.07) is 3.39. The average Bonchev–Trinajstić information content (AvgIpc) is 2.63. The van der Waals surface area contributed by atoms with Gasteiger partial charge in [0.25, 0.3) is 0 Å². The van der Waals surface area contributed by atoms with E-state index in [1.54, 1.807) is 18.3 Å². The monoisotopic (exact) mass is 392 g/mol. The number of aromatic nitrogens is 3. The SMILES string of the molecule is CC[N-]c1nc(-c2c(Cl)c(OC)cc(OC)c2Cl)cc2cnc(N)nc12. The van der Waals surface area contributed by atoms with Crippen LogP contribution in [0.4, 0.5) is 11.8 Å². The molecular weight excluding hydrogens is 377 g/mol. The minimum atomic E-state index is 0.152. The molecule has 3 aromatic rings. The van der Waals surface area contributed by atoms with Gasteiger partial charge in [0, 0.05) is 23.2 Å². The van der Waals surface area contributed by atoms with E-state index < -0.39 is 0 Å². The molecule has 7 nitrogen and oxygen atoms in total. The molecule has 0 aliphatic carbocycles. The van der Waals surface area contributed by atoms with E-state index in [1.807, 2.05) is 6.92 Å². The van der Waals surface area contributed by atoms with Gasteiger partial charge in [-0.25, -0.2) is 9.97 Å². The van der Waals surface area contributed by atoms with Crippen molar-refractivity contribution in [3.8, 4) is 22.8 Å².